The van der Waals surface area contributed by atoms with Crippen molar-refractivity contribution in [2.75, 3.05) is 18.4 Å². The molecule has 6 nitrogen and oxygen atoms in total. The molecular weight excluding hydrogens is 386 g/mol. The average molecular weight is 412 g/mol. The van der Waals surface area contributed by atoms with Gasteiger partial charge in [0, 0.05) is 23.8 Å². The third-order valence-electron chi connectivity index (χ3n) is 5.81. The Labute approximate surface area is 181 Å². The summed E-state index contributed by atoms with van der Waals surface area (Å²) < 4.78 is 1.84. The summed E-state index contributed by atoms with van der Waals surface area (Å²) in [6.07, 6.45) is 5.96. The van der Waals surface area contributed by atoms with Crippen LogP contribution in [0.1, 0.15) is 30.0 Å². The van der Waals surface area contributed by atoms with Gasteiger partial charge in [0.15, 0.2) is 5.82 Å². The second-order valence-corrected chi connectivity index (χ2v) is 7.94. The van der Waals surface area contributed by atoms with E-state index in [1.54, 1.807) is 0 Å². The van der Waals surface area contributed by atoms with Crippen molar-refractivity contribution in [3.05, 3.63) is 90.3 Å². The highest BCUT2D eigenvalue weighted by Crippen LogP contribution is 2.26. The summed E-state index contributed by atoms with van der Waals surface area (Å²) in [7, 11) is 0. The number of pyridine rings is 1. The molecule has 156 valence electrons. The van der Waals surface area contributed by atoms with Gasteiger partial charge in [-0.15, -0.1) is 0 Å². The van der Waals surface area contributed by atoms with Crippen molar-refractivity contribution in [3.63, 3.8) is 0 Å². The monoisotopic (exact) mass is 411 g/mol. The minimum atomic E-state index is -0.295. The van der Waals surface area contributed by atoms with Gasteiger partial charge in [0.05, 0.1) is 12.1 Å². The summed E-state index contributed by atoms with van der Waals surface area (Å²) in [5.74, 6) is 0.531. The number of carbonyl (C=O) groups excluding carboxylic acids is 1. The van der Waals surface area contributed by atoms with Crippen molar-refractivity contribution in [2.24, 2.45) is 0 Å². The smallest absolute Gasteiger partial charge is 0.247 e. The summed E-state index contributed by atoms with van der Waals surface area (Å²) in [4.78, 5) is 20.0. The minimum absolute atomic E-state index is 0.0369. The van der Waals surface area contributed by atoms with Gasteiger partial charge in [0.2, 0.25) is 5.91 Å². The number of aromatic nitrogens is 3. The Morgan fingerprint density at radius 2 is 1.77 bits per heavy atom. The van der Waals surface area contributed by atoms with E-state index in [-0.39, 0.29) is 11.9 Å². The molecular formula is C25H25N5O. The number of benzene rings is 2. The Hall–Kier alpha value is -3.51. The lowest BCUT2D eigenvalue weighted by atomic mass is 10.0. The molecule has 1 atom stereocenters. The highest BCUT2D eigenvalue weighted by atomic mass is 16.2. The maximum Gasteiger partial charge on any atom is 0.247 e. The summed E-state index contributed by atoms with van der Waals surface area (Å²) in [6, 6.07) is 21.7. The maximum atomic E-state index is 13.2. The van der Waals surface area contributed by atoms with Crippen molar-refractivity contribution in [1.29, 1.82) is 0 Å². The van der Waals surface area contributed by atoms with Crippen LogP contribution < -0.4 is 5.32 Å². The normalized spacial score (nSPS) is 15.2. The largest absolute Gasteiger partial charge is 0.308 e. The first-order valence-corrected chi connectivity index (χ1v) is 10.7. The van der Waals surface area contributed by atoms with Gasteiger partial charge in [-0.1, -0.05) is 54.6 Å². The van der Waals surface area contributed by atoms with Gasteiger partial charge in [-0.05, 0) is 43.1 Å². The summed E-state index contributed by atoms with van der Waals surface area (Å²) >= 11 is 0. The number of nitrogens with zero attached hydrogens (tertiary/aromatic N) is 4. The Balaban J connectivity index is 1.34. The molecule has 1 aliphatic rings. The van der Waals surface area contributed by atoms with E-state index in [2.05, 4.69) is 38.5 Å². The Morgan fingerprint density at radius 3 is 2.61 bits per heavy atom. The topological polar surface area (TPSA) is 63.1 Å². The molecule has 0 spiro atoms. The molecule has 1 N–H and O–H groups in total. The first-order valence-electron chi connectivity index (χ1n) is 10.7. The number of hydrogen-bond donors (Lipinski definition) is 1. The third kappa shape index (κ3) is 4.20. The molecule has 0 bridgehead atoms. The van der Waals surface area contributed by atoms with E-state index in [1.165, 1.54) is 0 Å². The van der Waals surface area contributed by atoms with Gasteiger partial charge in [-0.2, -0.15) is 5.10 Å². The predicted octanol–water partition coefficient (Wildman–Crippen LogP) is 4.26. The fourth-order valence-corrected chi connectivity index (χ4v) is 4.34. The van der Waals surface area contributed by atoms with Gasteiger partial charge < -0.3 is 5.32 Å². The Morgan fingerprint density at radius 1 is 0.968 bits per heavy atom. The minimum Gasteiger partial charge on any atom is -0.308 e. The van der Waals surface area contributed by atoms with Gasteiger partial charge >= 0.3 is 0 Å². The highest BCUT2D eigenvalue weighted by Gasteiger charge is 2.30. The van der Waals surface area contributed by atoms with Crippen LogP contribution >= 0.6 is 0 Å². The molecule has 4 aromatic rings. The van der Waals surface area contributed by atoms with Gasteiger partial charge in [-0.3, -0.25) is 19.4 Å². The van der Waals surface area contributed by atoms with Crippen LogP contribution in [-0.4, -0.2) is 38.7 Å². The lowest BCUT2D eigenvalue weighted by Crippen LogP contribution is -2.35. The molecule has 0 saturated carbocycles. The van der Waals surface area contributed by atoms with E-state index in [0.29, 0.717) is 12.4 Å². The van der Waals surface area contributed by atoms with Crippen LogP contribution in [0.3, 0.4) is 0 Å². The number of fused-ring (bicyclic) bond motifs is 1. The maximum absolute atomic E-state index is 13.2. The van der Waals surface area contributed by atoms with Crippen LogP contribution in [0.2, 0.25) is 0 Å². The first-order chi connectivity index (χ1) is 15.3. The zero-order valence-corrected chi connectivity index (χ0v) is 17.3. The van der Waals surface area contributed by atoms with E-state index in [1.807, 2.05) is 65.6 Å². The fraction of sp³-hybridized carbons (Fsp3) is 0.240. The quantitative estimate of drug-likeness (QED) is 0.515. The first kappa shape index (κ1) is 19.5. The Bertz CT molecular complexity index is 1180. The number of amides is 1. The molecule has 0 unspecified atom stereocenters. The number of rotatable bonds is 6. The molecule has 3 heterocycles. The van der Waals surface area contributed by atoms with Crippen LogP contribution in [0.4, 0.5) is 5.82 Å². The average Bonchev–Trinajstić information content (AvgIpc) is 3.48. The lowest BCUT2D eigenvalue weighted by Gasteiger charge is -2.26. The molecule has 5 rings (SSSR count). The van der Waals surface area contributed by atoms with Crippen molar-refractivity contribution in [1.82, 2.24) is 19.7 Å². The number of likely N-dealkylation sites (tertiary alicyclic amines) is 1. The molecule has 6 heteroatoms. The van der Waals surface area contributed by atoms with Crippen LogP contribution in [0.5, 0.6) is 0 Å². The molecule has 31 heavy (non-hydrogen) atoms. The van der Waals surface area contributed by atoms with Crippen molar-refractivity contribution in [3.8, 4) is 0 Å². The molecule has 1 saturated heterocycles. The standard InChI is InChI=1S/C25H25N5O/c31-25(24(29-15-4-5-16-29)20-8-2-1-3-9-20)27-22-13-17-30(28-22)18-21-11-6-10-19-12-7-14-26-23(19)21/h1-3,6-14,17,24H,4-5,15-16,18H2,(H,27,28,31)/t24-/m1/s1. The summed E-state index contributed by atoms with van der Waals surface area (Å²) in [5, 5.41) is 8.73. The number of nitrogens with one attached hydrogen (secondary N) is 1. The number of para-hydroxylation sites is 1. The van der Waals surface area contributed by atoms with Gasteiger partial charge in [0.1, 0.15) is 6.04 Å². The molecule has 2 aromatic heterocycles. The molecule has 0 radical (unpaired) electrons. The molecule has 1 aliphatic heterocycles. The van der Waals surface area contributed by atoms with Crippen LogP contribution in [0.15, 0.2) is 79.1 Å². The molecule has 0 aliphatic carbocycles. The number of anilines is 1. The Kier molecular flexibility index (Phi) is 5.46. The number of carbonyl (C=O) groups is 1. The molecule has 1 fully saturated rings. The van der Waals surface area contributed by atoms with E-state index in [9.17, 15) is 4.79 Å². The van der Waals surface area contributed by atoms with Crippen molar-refractivity contribution >= 4 is 22.6 Å². The summed E-state index contributed by atoms with van der Waals surface area (Å²) in [6.45, 7) is 2.48. The van der Waals surface area contributed by atoms with E-state index in [0.717, 1.165) is 48.0 Å². The van der Waals surface area contributed by atoms with Gasteiger partial charge in [-0.25, -0.2) is 0 Å². The van der Waals surface area contributed by atoms with Crippen LogP contribution in [0, 0.1) is 0 Å². The van der Waals surface area contributed by atoms with E-state index in [4.69, 9.17) is 0 Å². The second kappa shape index (κ2) is 8.70. The van der Waals surface area contributed by atoms with Crippen LogP contribution in [-0.2, 0) is 11.3 Å². The lowest BCUT2D eigenvalue weighted by molar-refractivity contribution is -0.121. The fourth-order valence-electron chi connectivity index (χ4n) is 4.34. The molecule has 2 aromatic carbocycles. The zero-order chi connectivity index (χ0) is 21.0. The number of hydrogen-bond acceptors (Lipinski definition) is 4. The van der Waals surface area contributed by atoms with Crippen molar-refractivity contribution in [2.45, 2.75) is 25.4 Å². The van der Waals surface area contributed by atoms with E-state index < -0.39 is 0 Å². The zero-order valence-electron chi connectivity index (χ0n) is 17.3. The van der Waals surface area contributed by atoms with E-state index >= 15 is 0 Å². The highest BCUT2D eigenvalue weighted by molar-refractivity contribution is 5.94. The molecule has 1 amide bonds. The summed E-state index contributed by atoms with van der Waals surface area (Å²) in [5.41, 5.74) is 3.09. The second-order valence-electron chi connectivity index (χ2n) is 7.94. The predicted molar refractivity (Wildman–Crippen MR) is 122 cm³/mol. The van der Waals surface area contributed by atoms with Crippen LogP contribution in [0.25, 0.3) is 10.9 Å². The third-order valence-corrected chi connectivity index (χ3v) is 5.81. The SMILES string of the molecule is O=C(Nc1ccn(Cc2cccc3cccnc23)n1)[C@@H](c1ccccc1)N1CCCC1. The van der Waals surface area contributed by atoms with Crippen molar-refractivity contribution < 1.29 is 4.79 Å². The van der Waals surface area contributed by atoms with Gasteiger partial charge in [0.25, 0.3) is 0 Å².